The first-order valence-electron chi connectivity index (χ1n) is 7.82. The summed E-state index contributed by atoms with van der Waals surface area (Å²) in [6, 6.07) is 7.15. The Hall–Kier alpha value is -0.930. The molecule has 0 fully saturated rings. The minimum atomic E-state index is -0.113. The van der Waals surface area contributed by atoms with Crippen molar-refractivity contribution in [3.8, 4) is 0 Å². The number of hydrogen-bond acceptors (Lipinski definition) is 2. The van der Waals surface area contributed by atoms with Gasteiger partial charge in [-0.3, -0.25) is 0 Å². The molecule has 114 valence electrons. The van der Waals surface area contributed by atoms with E-state index in [0.29, 0.717) is 5.92 Å². The highest BCUT2D eigenvalue weighted by Gasteiger charge is 2.18. The lowest BCUT2D eigenvalue weighted by atomic mass is 10.0. The van der Waals surface area contributed by atoms with Gasteiger partial charge in [-0.25, -0.2) is 4.39 Å². The lowest BCUT2D eigenvalue weighted by Gasteiger charge is -2.29. The van der Waals surface area contributed by atoms with Gasteiger partial charge in [-0.1, -0.05) is 52.3 Å². The Labute approximate surface area is 123 Å². The molecule has 0 amide bonds. The summed E-state index contributed by atoms with van der Waals surface area (Å²) in [6.07, 6.45) is 1.18. The van der Waals surface area contributed by atoms with Gasteiger partial charge in [0.2, 0.25) is 0 Å². The summed E-state index contributed by atoms with van der Waals surface area (Å²) in [7, 11) is 0. The number of hydrogen-bond donors (Lipinski definition) is 1. The van der Waals surface area contributed by atoms with E-state index in [1.807, 2.05) is 12.1 Å². The molecular formula is C17H29FN2. The molecule has 0 saturated carbocycles. The molecule has 20 heavy (non-hydrogen) atoms. The molecule has 1 aromatic carbocycles. The summed E-state index contributed by atoms with van der Waals surface area (Å²) in [5, 5.41) is 3.41. The molecule has 0 spiro atoms. The summed E-state index contributed by atoms with van der Waals surface area (Å²) in [5.74, 6) is 0.566. The van der Waals surface area contributed by atoms with E-state index < -0.39 is 0 Å². The third-order valence-corrected chi connectivity index (χ3v) is 3.89. The summed E-state index contributed by atoms with van der Waals surface area (Å²) < 4.78 is 14.0. The van der Waals surface area contributed by atoms with Crippen LogP contribution in [0.1, 0.15) is 45.7 Å². The van der Waals surface area contributed by atoms with E-state index in [2.05, 4.69) is 37.9 Å². The van der Waals surface area contributed by atoms with Crippen LogP contribution in [-0.2, 0) is 0 Å². The molecule has 0 radical (unpaired) electrons. The number of likely N-dealkylation sites (N-methyl/N-ethyl adjacent to an activating group) is 2. The maximum absolute atomic E-state index is 14.0. The Bertz CT molecular complexity index is 381. The standard InChI is InChI=1S/C17H29FN2/c1-5-14(4)12-20(7-3)13-17(19-6-2)15-10-8-9-11-16(15)18/h8-11,14,17,19H,5-7,12-13H2,1-4H3. The zero-order chi connectivity index (χ0) is 15.0. The Morgan fingerprint density at radius 1 is 1.15 bits per heavy atom. The average molecular weight is 280 g/mol. The molecule has 2 unspecified atom stereocenters. The van der Waals surface area contributed by atoms with Gasteiger partial charge in [-0.15, -0.1) is 0 Å². The average Bonchev–Trinajstić information content (AvgIpc) is 2.46. The zero-order valence-corrected chi connectivity index (χ0v) is 13.3. The highest BCUT2D eigenvalue weighted by molar-refractivity contribution is 5.21. The van der Waals surface area contributed by atoms with Crippen LogP contribution in [0.15, 0.2) is 24.3 Å². The van der Waals surface area contributed by atoms with Gasteiger partial charge in [-0.2, -0.15) is 0 Å². The van der Waals surface area contributed by atoms with Crippen molar-refractivity contribution in [2.45, 2.75) is 40.2 Å². The van der Waals surface area contributed by atoms with Gasteiger partial charge in [0, 0.05) is 24.7 Å². The van der Waals surface area contributed by atoms with Crippen molar-refractivity contribution < 1.29 is 4.39 Å². The van der Waals surface area contributed by atoms with Gasteiger partial charge in [0.1, 0.15) is 5.82 Å². The molecule has 2 nitrogen and oxygen atoms in total. The fourth-order valence-corrected chi connectivity index (χ4v) is 2.44. The highest BCUT2D eigenvalue weighted by Crippen LogP contribution is 2.19. The SMILES string of the molecule is CCNC(CN(CC)CC(C)CC)c1ccccc1F. The Kier molecular flexibility index (Phi) is 7.78. The van der Waals surface area contributed by atoms with Gasteiger partial charge in [-0.05, 0) is 25.1 Å². The molecule has 3 heteroatoms. The van der Waals surface area contributed by atoms with E-state index in [0.717, 1.165) is 31.7 Å². The zero-order valence-electron chi connectivity index (χ0n) is 13.3. The van der Waals surface area contributed by atoms with Crippen LogP contribution in [0.3, 0.4) is 0 Å². The quantitative estimate of drug-likeness (QED) is 0.739. The van der Waals surface area contributed by atoms with Crippen molar-refractivity contribution in [1.29, 1.82) is 0 Å². The van der Waals surface area contributed by atoms with E-state index in [1.165, 1.54) is 6.42 Å². The molecular weight excluding hydrogens is 251 g/mol. The van der Waals surface area contributed by atoms with Gasteiger partial charge in [0.05, 0.1) is 0 Å². The highest BCUT2D eigenvalue weighted by atomic mass is 19.1. The van der Waals surface area contributed by atoms with Crippen LogP contribution < -0.4 is 5.32 Å². The number of halogens is 1. The fraction of sp³-hybridized carbons (Fsp3) is 0.647. The molecule has 1 rings (SSSR count). The molecule has 0 aliphatic heterocycles. The molecule has 0 saturated heterocycles. The van der Waals surface area contributed by atoms with Crippen LogP contribution in [-0.4, -0.2) is 31.1 Å². The third kappa shape index (κ3) is 5.22. The lowest BCUT2D eigenvalue weighted by molar-refractivity contribution is 0.219. The summed E-state index contributed by atoms with van der Waals surface area (Å²) in [6.45, 7) is 12.5. The number of nitrogens with zero attached hydrogens (tertiary/aromatic N) is 1. The second kappa shape index (κ2) is 9.09. The Morgan fingerprint density at radius 2 is 1.85 bits per heavy atom. The molecule has 0 heterocycles. The smallest absolute Gasteiger partial charge is 0.128 e. The third-order valence-electron chi connectivity index (χ3n) is 3.89. The van der Waals surface area contributed by atoms with Gasteiger partial charge in [0.15, 0.2) is 0 Å². The van der Waals surface area contributed by atoms with E-state index in [1.54, 1.807) is 12.1 Å². The number of rotatable bonds is 9. The molecule has 2 atom stereocenters. The van der Waals surface area contributed by atoms with Crippen LogP contribution >= 0.6 is 0 Å². The summed E-state index contributed by atoms with van der Waals surface area (Å²) in [5.41, 5.74) is 0.775. The number of nitrogens with one attached hydrogen (secondary N) is 1. The first-order valence-corrected chi connectivity index (χ1v) is 7.82. The van der Waals surface area contributed by atoms with Crippen molar-refractivity contribution in [3.05, 3.63) is 35.6 Å². The topological polar surface area (TPSA) is 15.3 Å². The maximum atomic E-state index is 14.0. The van der Waals surface area contributed by atoms with Crippen molar-refractivity contribution in [2.75, 3.05) is 26.2 Å². The van der Waals surface area contributed by atoms with E-state index in [9.17, 15) is 4.39 Å². The summed E-state index contributed by atoms with van der Waals surface area (Å²) in [4.78, 5) is 2.41. The monoisotopic (exact) mass is 280 g/mol. The largest absolute Gasteiger partial charge is 0.309 e. The van der Waals surface area contributed by atoms with Crippen molar-refractivity contribution in [2.24, 2.45) is 5.92 Å². The number of benzene rings is 1. The maximum Gasteiger partial charge on any atom is 0.128 e. The molecule has 0 aliphatic carbocycles. The van der Waals surface area contributed by atoms with E-state index in [4.69, 9.17) is 0 Å². The minimum absolute atomic E-state index is 0.0604. The summed E-state index contributed by atoms with van der Waals surface area (Å²) >= 11 is 0. The minimum Gasteiger partial charge on any atom is -0.309 e. The molecule has 0 bridgehead atoms. The normalized spacial score (nSPS) is 14.5. The Morgan fingerprint density at radius 3 is 2.40 bits per heavy atom. The van der Waals surface area contributed by atoms with Crippen LogP contribution in [0.4, 0.5) is 4.39 Å². The predicted molar refractivity (Wildman–Crippen MR) is 84.4 cm³/mol. The van der Waals surface area contributed by atoms with Gasteiger partial charge < -0.3 is 10.2 Å². The van der Waals surface area contributed by atoms with E-state index >= 15 is 0 Å². The fourth-order valence-electron chi connectivity index (χ4n) is 2.44. The lowest BCUT2D eigenvalue weighted by Crippen LogP contribution is -2.37. The second-order valence-electron chi connectivity index (χ2n) is 5.50. The van der Waals surface area contributed by atoms with Gasteiger partial charge >= 0.3 is 0 Å². The van der Waals surface area contributed by atoms with Crippen LogP contribution in [0.5, 0.6) is 0 Å². The van der Waals surface area contributed by atoms with Crippen LogP contribution in [0, 0.1) is 11.7 Å². The first kappa shape index (κ1) is 17.1. The molecule has 1 N–H and O–H groups in total. The van der Waals surface area contributed by atoms with Crippen molar-refractivity contribution in [3.63, 3.8) is 0 Å². The molecule has 0 aliphatic rings. The van der Waals surface area contributed by atoms with Crippen LogP contribution in [0.25, 0.3) is 0 Å². The first-order chi connectivity index (χ1) is 9.62. The molecule has 0 aromatic heterocycles. The van der Waals surface area contributed by atoms with E-state index in [-0.39, 0.29) is 11.9 Å². The predicted octanol–water partition coefficient (Wildman–Crippen LogP) is 3.84. The Balaban J connectivity index is 2.78. The van der Waals surface area contributed by atoms with Gasteiger partial charge in [0.25, 0.3) is 0 Å². The van der Waals surface area contributed by atoms with Crippen molar-refractivity contribution >= 4 is 0 Å². The van der Waals surface area contributed by atoms with Crippen molar-refractivity contribution in [1.82, 2.24) is 10.2 Å². The molecule has 1 aromatic rings. The second-order valence-corrected chi connectivity index (χ2v) is 5.50. The van der Waals surface area contributed by atoms with Crippen LogP contribution in [0.2, 0.25) is 0 Å².